The van der Waals surface area contributed by atoms with Crippen LogP contribution in [0.3, 0.4) is 0 Å². The van der Waals surface area contributed by atoms with Crippen molar-refractivity contribution in [2.45, 2.75) is 38.8 Å². The van der Waals surface area contributed by atoms with Crippen LogP contribution in [-0.4, -0.2) is 11.2 Å². The third-order valence-electron chi connectivity index (χ3n) is 4.61. The second-order valence-corrected chi connectivity index (χ2v) is 6.80. The largest absolute Gasteiger partial charge is 0.391 e. The molecule has 3 N–H and O–H groups in total. The molecule has 0 spiro atoms. The van der Waals surface area contributed by atoms with Gasteiger partial charge in [-0.1, -0.05) is 62.4 Å². The van der Waals surface area contributed by atoms with Crippen LogP contribution in [0.15, 0.2) is 54.6 Å². The van der Waals surface area contributed by atoms with E-state index >= 15 is 0 Å². The fourth-order valence-electron chi connectivity index (χ4n) is 3.25. The molecule has 120 valence electrons. The van der Waals surface area contributed by atoms with E-state index in [2.05, 4.69) is 56.3 Å². The maximum absolute atomic E-state index is 10.5. The van der Waals surface area contributed by atoms with Gasteiger partial charge >= 0.3 is 0 Å². The third kappa shape index (κ3) is 3.24. The van der Waals surface area contributed by atoms with Gasteiger partial charge in [-0.3, -0.25) is 0 Å². The van der Waals surface area contributed by atoms with Gasteiger partial charge in [0.25, 0.3) is 0 Å². The van der Waals surface area contributed by atoms with Crippen molar-refractivity contribution in [3.63, 3.8) is 0 Å². The molecular weight excluding hydrogens is 282 g/mol. The molecule has 0 aromatic heterocycles. The lowest BCUT2D eigenvalue weighted by molar-refractivity contribution is 0.129. The molecule has 3 rings (SSSR count). The van der Waals surface area contributed by atoms with E-state index in [-0.39, 0.29) is 6.04 Å². The Hall–Kier alpha value is -1.90. The van der Waals surface area contributed by atoms with E-state index in [9.17, 15) is 5.11 Å². The summed E-state index contributed by atoms with van der Waals surface area (Å²) in [6.45, 7) is 4.34. The van der Waals surface area contributed by atoms with Crippen molar-refractivity contribution in [3.05, 3.63) is 60.2 Å². The molecular formula is C21H25NO. The first-order chi connectivity index (χ1) is 11.1. The van der Waals surface area contributed by atoms with E-state index < -0.39 is 6.10 Å². The van der Waals surface area contributed by atoms with Gasteiger partial charge < -0.3 is 10.8 Å². The van der Waals surface area contributed by atoms with Gasteiger partial charge in [0.05, 0.1) is 12.1 Å². The minimum atomic E-state index is -0.512. The van der Waals surface area contributed by atoms with Crippen molar-refractivity contribution in [1.82, 2.24) is 0 Å². The van der Waals surface area contributed by atoms with Gasteiger partial charge in [-0.2, -0.15) is 0 Å². The zero-order chi connectivity index (χ0) is 16.4. The highest BCUT2D eigenvalue weighted by atomic mass is 16.3. The van der Waals surface area contributed by atoms with Crippen molar-refractivity contribution in [2.24, 2.45) is 11.7 Å². The van der Waals surface area contributed by atoms with Crippen LogP contribution in [-0.2, 0) is 0 Å². The molecule has 0 saturated heterocycles. The molecule has 0 saturated carbocycles. The number of aliphatic hydroxyl groups excluding tert-OH is 1. The van der Waals surface area contributed by atoms with Crippen LogP contribution < -0.4 is 5.73 Å². The number of fused-ring (bicyclic) bond motifs is 3. The SMILES string of the molecule is CC(C)CC[C@H](O)[C@H](N)c1cc2ccccc2c2ccccc12. The van der Waals surface area contributed by atoms with E-state index in [1.165, 1.54) is 16.2 Å². The highest BCUT2D eigenvalue weighted by Crippen LogP contribution is 2.33. The molecule has 23 heavy (non-hydrogen) atoms. The van der Waals surface area contributed by atoms with Crippen LogP contribution in [0.4, 0.5) is 0 Å². The minimum absolute atomic E-state index is 0.358. The van der Waals surface area contributed by atoms with Crippen molar-refractivity contribution in [2.75, 3.05) is 0 Å². The van der Waals surface area contributed by atoms with Crippen LogP contribution in [0, 0.1) is 5.92 Å². The van der Waals surface area contributed by atoms with Gasteiger partial charge in [-0.25, -0.2) is 0 Å². The summed E-state index contributed by atoms with van der Waals surface area (Å²) in [5.41, 5.74) is 7.47. The number of nitrogens with two attached hydrogens (primary N) is 1. The van der Waals surface area contributed by atoms with Gasteiger partial charge in [-0.05, 0) is 51.9 Å². The molecule has 0 aliphatic heterocycles. The van der Waals surface area contributed by atoms with E-state index in [0.29, 0.717) is 5.92 Å². The first-order valence-corrected chi connectivity index (χ1v) is 8.42. The third-order valence-corrected chi connectivity index (χ3v) is 4.61. The average molecular weight is 307 g/mol. The fourth-order valence-corrected chi connectivity index (χ4v) is 3.25. The Morgan fingerprint density at radius 2 is 1.48 bits per heavy atom. The molecule has 0 amide bonds. The number of aliphatic hydroxyl groups is 1. The Balaban J connectivity index is 2.08. The molecule has 3 aromatic carbocycles. The maximum Gasteiger partial charge on any atom is 0.0733 e. The average Bonchev–Trinajstić information content (AvgIpc) is 2.58. The summed E-state index contributed by atoms with van der Waals surface area (Å²) >= 11 is 0. The molecule has 2 nitrogen and oxygen atoms in total. The normalized spacial score (nSPS) is 14.5. The van der Waals surface area contributed by atoms with Gasteiger partial charge in [0.2, 0.25) is 0 Å². The van der Waals surface area contributed by atoms with Crippen LogP contribution in [0.2, 0.25) is 0 Å². The Morgan fingerprint density at radius 3 is 2.17 bits per heavy atom. The first kappa shape index (κ1) is 16.0. The number of benzene rings is 3. The van der Waals surface area contributed by atoms with Crippen molar-refractivity contribution in [3.8, 4) is 0 Å². The highest BCUT2D eigenvalue weighted by molar-refractivity contribution is 6.09. The second kappa shape index (κ2) is 6.69. The summed E-state index contributed by atoms with van der Waals surface area (Å²) in [6.07, 6.45) is 1.21. The lowest BCUT2D eigenvalue weighted by atomic mass is 9.90. The zero-order valence-electron chi connectivity index (χ0n) is 13.9. The molecule has 0 bridgehead atoms. The minimum Gasteiger partial charge on any atom is -0.391 e. The quantitative estimate of drug-likeness (QED) is 0.666. The Labute approximate surface area is 137 Å². The van der Waals surface area contributed by atoms with Crippen molar-refractivity contribution < 1.29 is 5.11 Å². The van der Waals surface area contributed by atoms with Crippen molar-refractivity contribution >= 4 is 21.5 Å². The van der Waals surface area contributed by atoms with Gasteiger partial charge in [0, 0.05) is 0 Å². The standard InChI is InChI=1S/C21H25NO/c1-14(2)11-12-20(23)21(22)19-13-15-7-3-4-8-16(15)17-9-5-6-10-18(17)19/h3-10,13-14,20-21,23H,11-12,22H2,1-2H3/t20-,21+/m0/s1. The molecule has 0 fully saturated rings. The Kier molecular flexibility index (Phi) is 4.65. The zero-order valence-corrected chi connectivity index (χ0v) is 13.9. The first-order valence-electron chi connectivity index (χ1n) is 8.42. The monoisotopic (exact) mass is 307 g/mol. The van der Waals surface area contributed by atoms with Gasteiger partial charge in [0.1, 0.15) is 0 Å². The topological polar surface area (TPSA) is 46.2 Å². The van der Waals surface area contributed by atoms with E-state index in [0.717, 1.165) is 23.8 Å². The Morgan fingerprint density at radius 1 is 0.870 bits per heavy atom. The molecule has 2 atom stereocenters. The predicted molar refractivity (Wildman–Crippen MR) is 98.5 cm³/mol. The molecule has 0 heterocycles. The summed E-state index contributed by atoms with van der Waals surface area (Å²) in [5.74, 6) is 0.574. The maximum atomic E-state index is 10.5. The lowest BCUT2D eigenvalue weighted by Crippen LogP contribution is -2.26. The summed E-state index contributed by atoms with van der Waals surface area (Å²) < 4.78 is 0. The van der Waals surface area contributed by atoms with E-state index in [4.69, 9.17) is 5.73 Å². The van der Waals surface area contributed by atoms with Crippen LogP contribution in [0.1, 0.15) is 38.3 Å². The Bertz CT molecular complexity index is 809. The summed E-state index contributed by atoms with van der Waals surface area (Å²) in [4.78, 5) is 0. The number of hydrogen-bond donors (Lipinski definition) is 2. The van der Waals surface area contributed by atoms with E-state index in [1.54, 1.807) is 0 Å². The molecule has 0 radical (unpaired) electrons. The molecule has 0 aliphatic rings. The fraction of sp³-hybridized carbons (Fsp3) is 0.333. The molecule has 2 heteroatoms. The predicted octanol–water partition coefficient (Wildman–Crippen LogP) is 4.79. The smallest absolute Gasteiger partial charge is 0.0733 e. The highest BCUT2D eigenvalue weighted by Gasteiger charge is 2.20. The second-order valence-electron chi connectivity index (χ2n) is 6.80. The summed E-state index contributed by atoms with van der Waals surface area (Å²) in [6, 6.07) is 18.5. The number of hydrogen-bond acceptors (Lipinski definition) is 2. The summed E-state index contributed by atoms with van der Waals surface area (Å²) in [7, 11) is 0. The van der Waals surface area contributed by atoms with Crippen LogP contribution in [0.25, 0.3) is 21.5 Å². The molecule has 0 unspecified atom stereocenters. The van der Waals surface area contributed by atoms with Crippen molar-refractivity contribution in [1.29, 1.82) is 0 Å². The molecule has 3 aromatic rings. The van der Waals surface area contributed by atoms with Gasteiger partial charge in [0.15, 0.2) is 0 Å². The van der Waals surface area contributed by atoms with Gasteiger partial charge in [-0.15, -0.1) is 0 Å². The van der Waals surface area contributed by atoms with Crippen LogP contribution >= 0.6 is 0 Å². The van der Waals surface area contributed by atoms with E-state index in [1.807, 2.05) is 12.1 Å². The lowest BCUT2D eigenvalue weighted by Gasteiger charge is -2.22. The molecule has 0 aliphatic carbocycles. The summed E-state index contributed by atoms with van der Waals surface area (Å²) in [5, 5.41) is 15.3. The number of rotatable bonds is 5. The van der Waals surface area contributed by atoms with Crippen LogP contribution in [0.5, 0.6) is 0 Å².